The van der Waals surface area contributed by atoms with Crippen LogP contribution in [0.2, 0.25) is 0 Å². The van der Waals surface area contributed by atoms with E-state index in [0.717, 1.165) is 31.6 Å². The van der Waals surface area contributed by atoms with Crippen molar-refractivity contribution in [3.8, 4) is 0 Å². The number of halogens is 1. The predicted octanol–water partition coefficient (Wildman–Crippen LogP) is 1.78. The summed E-state index contributed by atoms with van der Waals surface area (Å²) in [5.74, 6) is -0.201. The molecule has 0 amide bonds. The molecule has 0 aliphatic carbocycles. The molecule has 2 nitrogen and oxygen atoms in total. The fourth-order valence-electron chi connectivity index (χ4n) is 1.97. The third-order valence-corrected chi connectivity index (χ3v) is 3.01. The number of hydrogen-bond acceptors (Lipinski definition) is 2. The minimum Gasteiger partial charge on any atom is -0.387 e. The summed E-state index contributed by atoms with van der Waals surface area (Å²) in [6.07, 6.45) is 0.799. The van der Waals surface area contributed by atoms with Crippen LogP contribution >= 0.6 is 0 Å². The molecule has 0 aromatic heterocycles. The monoisotopic (exact) mass is 209 g/mol. The van der Waals surface area contributed by atoms with Crippen molar-refractivity contribution < 1.29 is 9.50 Å². The van der Waals surface area contributed by atoms with Crippen molar-refractivity contribution in [2.75, 3.05) is 13.1 Å². The van der Waals surface area contributed by atoms with Crippen LogP contribution in [0.15, 0.2) is 24.3 Å². The Morgan fingerprint density at radius 3 is 2.47 bits per heavy atom. The van der Waals surface area contributed by atoms with Crippen molar-refractivity contribution in [3.63, 3.8) is 0 Å². The fourth-order valence-corrected chi connectivity index (χ4v) is 1.97. The maximum atomic E-state index is 12.6. The van der Waals surface area contributed by atoms with Gasteiger partial charge in [0.2, 0.25) is 0 Å². The lowest BCUT2D eigenvalue weighted by Crippen LogP contribution is -2.60. The van der Waals surface area contributed by atoms with Gasteiger partial charge in [0.15, 0.2) is 0 Å². The van der Waals surface area contributed by atoms with Crippen LogP contribution in [0.3, 0.4) is 0 Å². The summed E-state index contributed by atoms with van der Waals surface area (Å²) in [7, 11) is 0. The van der Waals surface area contributed by atoms with Crippen molar-refractivity contribution in [2.24, 2.45) is 0 Å². The Balaban J connectivity index is 1.87. The van der Waals surface area contributed by atoms with Gasteiger partial charge in [0.25, 0.3) is 0 Å². The van der Waals surface area contributed by atoms with Crippen LogP contribution < -0.4 is 0 Å². The number of rotatable bonds is 3. The van der Waals surface area contributed by atoms with Crippen LogP contribution in [-0.2, 0) is 6.54 Å². The average Bonchev–Trinajstić information content (AvgIpc) is 2.19. The summed E-state index contributed by atoms with van der Waals surface area (Å²) in [6, 6.07) is 6.53. The Kier molecular flexibility index (Phi) is 2.76. The fraction of sp³-hybridized carbons (Fsp3) is 0.500. The van der Waals surface area contributed by atoms with Crippen molar-refractivity contribution >= 4 is 0 Å². The van der Waals surface area contributed by atoms with Gasteiger partial charge in [-0.05, 0) is 24.1 Å². The van der Waals surface area contributed by atoms with E-state index in [1.807, 2.05) is 6.92 Å². The van der Waals surface area contributed by atoms with Gasteiger partial charge < -0.3 is 5.11 Å². The molecule has 1 aromatic rings. The van der Waals surface area contributed by atoms with E-state index in [9.17, 15) is 9.50 Å². The van der Waals surface area contributed by atoms with Gasteiger partial charge in [-0.3, -0.25) is 4.90 Å². The summed E-state index contributed by atoms with van der Waals surface area (Å²) in [5.41, 5.74) is 0.606. The summed E-state index contributed by atoms with van der Waals surface area (Å²) in [4.78, 5) is 2.16. The minimum atomic E-state index is -0.486. The standard InChI is InChI=1S/C12H16FNO/c1-2-12(15)8-14(9-12)7-10-3-5-11(13)6-4-10/h3-6,15H,2,7-9H2,1H3. The largest absolute Gasteiger partial charge is 0.387 e. The second-order valence-electron chi connectivity index (χ2n) is 4.35. The molecule has 82 valence electrons. The zero-order chi connectivity index (χ0) is 10.9. The SMILES string of the molecule is CCC1(O)CN(Cc2ccc(F)cc2)C1. The first-order valence-corrected chi connectivity index (χ1v) is 5.30. The Hall–Kier alpha value is -0.930. The number of hydrogen-bond donors (Lipinski definition) is 1. The second kappa shape index (κ2) is 3.91. The lowest BCUT2D eigenvalue weighted by atomic mass is 9.91. The molecule has 1 N–H and O–H groups in total. The molecule has 1 aromatic carbocycles. The smallest absolute Gasteiger partial charge is 0.123 e. The first-order chi connectivity index (χ1) is 7.11. The molecule has 0 bridgehead atoms. The lowest BCUT2D eigenvalue weighted by molar-refractivity contribution is -0.103. The van der Waals surface area contributed by atoms with Crippen molar-refractivity contribution in [1.82, 2.24) is 4.90 Å². The van der Waals surface area contributed by atoms with Crippen LogP contribution in [0, 0.1) is 5.82 Å². The van der Waals surface area contributed by atoms with Gasteiger partial charge in [-0.1, -0.05) is 19.1 Å². The highest BCUT2D eigenvalue weighted by Crippen LogP contribution is 2.25. The zero-order valence-corrected chi connectivity index (χ0v) is 8.91. The van der Waals surface area contributed by atoms with Gasteiger partial charge in [0.05, 0.1) is 5.60 Å². The number of benzene rings is 1. The molecule has 1 fully saturated rings. The highest BCUT2D eigenvalue weighted by molar-refractivity contribution is 5.16. The summed E-state index contributed by atoms with van der Waals surface area (Å²) >= 11 is 0. The molecule has 0 spiro atoms. The zero-order valence-electron chi connectivity index (χ0n) is 8.91. The molecule has 2 rings (SSSR count). The average molecular weight is 209 g/mol. The van der Waals surface area contributed by atoms with Crippen LogP contribution in [0.1, 0.15) is 18.9 Å². The van der Waals surface area contributed by atoms with Gasteiger partial charge in [0.1, 0.15) is 5.82 Å². The van der Waals surface area contributed by atoms with Gasteiger partial charge in [0, 0.05) is 19.6 Å². The number of aliphatic hydroxyl groups is 1. The second-order valence-corrected chi connectivity index (χ2v) is 4.35. The van der Waals surface area contributed by atoms with E-state index in [0.29, 0.717) is 0 Å². The number of β-amino-alcohol motifs (C(OH)–C–C–N with tert-alkyl or cyclic N) is 1. The molecule has 0 atom stereocenters. The molecule has 0 unspecified atom stereocenters. The third kappa shape index (κ3) is 2.36. The predicted molar refractivity (Wildman–Crippen MR) is 56.9 cm³/mol. The number of likely N-dealkylation sites (tertiary alicyclic amines) is 1. The Morgan fingerprint density at radius 1 is 1.33 bits per heavy atom. The molecular formula is C12H16FNO. The summed E-state index contributed by atoms with van der Waals surface area (Å²) in [5, 5.41) is 9.81. The molecule has 1 heterocycles. The van der Waals surface area contributed by atoms with E-state index >= 15 is 0 Å². The van der Waals surface area contributed by atoms with E-state index in [-0.39, 0.29) is 5.82 Å². The molecule has 1 aliphatic heterocycles. The van der Waals surface area contributed by atoms with Crippen LogP contribution in [-0.4, -0.2) is 28.7 Å². The molecule has 0 radical (unpaired) electrons. The van der Waals surface area contributed by atoms with E-state index < -0.39 is 5.60 Å². The summed E-state index contributed by atoms with van der Waals surface area (Å²) < 4.78 is 12.6. The maximum Gasteiger partial charge on any atom is 0.123 e. The van der Waals surface area contributed by atoms with E-state index in [1.54, 1.807) is 12.1 Å². The Bertz CT molecular complexity index is 330. The van der Waals surface area contributed by atoms with Gasteiger partial charge >= 0.3 is 0 Å². The van der Waals surface area contributed by atoms with Crippen LogP contribution in [0.25, 0.3) is 0 Å². The quantitative estimate of drug-likeness (QED) is 0.820. The topological polar surface area (TPSA) is 23.5 Å². The Morgan fingerprint density at radius 2 is 1.93 bits per heavy atom. The molecule has 1 aliphatic rings. The first kappa shape index (κ1) is 10.6. The van der Waals surface area contributed by atoms with Crippen molar-refractivity contribution in [3.05, 3.63) is 35.6 Å². The number of nitrogens with zero attached hydrogens (tertiary/aromatic N) is 1. The van der Waals surface area contributed by atoms with E-state index in [2.05, 4.69) is 4.90 Å². The molecule has 15 heavy (non-hydrogen) atoms. The van der Waals surface area contributed by atoms with Gasteiger partial charge in [-0.15, -0.1) is 0 Å². The molecule has 0 saturated carbocycles. The molecule has 3 heteroatoms. The highest BCUT2D eigenvalue weighted by atomic mass is 19.1. The van der Waals surface area contributed by atoms with E-state index in [4.69, 9.17) is 0 Å². The molecular weight excluding hydrogens is 193 g/mol. The van der Waals surface area contributed by atoms with Crippen molar-refractivity contribution in [2.45, 2.75) is 25.5 Å². The van der Waals surface area contributed by atoms with Gasteiger partial charge in [-0.2, -0.15) is 0 Å². The molecule has 1 saturated heterocycles. The lowest BCUT2D eigenvalue weighted by Gasteiger charge is -2.46. The Labute approximate surface area is 89.3 Å². The highest BCUT2D eigenvalue weighted by Gasteiger charge is 2.38. The van der Waals surface area contributed by atoms with Crippen molar-refractivity contribution in [1.29, 1.82) is 0 Å². The van der Waals surface area contributed by atoms with Crippen LogP contribution in [0.4, 0.5) is 4.39 Å². The maximum absolute atomic E-state index is 12.6. The van der Waals surface area contributed by atoms with Gasteiger partial charge in [-0.25, -0.2) is 4.39 Å². The van der Waals surface area contributed by atoms with Crippen LogP contribution in [0.5, 0.6) is 0 Å². The third-order valence-electron chi connectivity index (χ3n) is 3.01. The van der Waals surface area contributed by atoms with E-state index in [1.165, 1.54) is 12.1 Å². The normalized spacial score (nSPS) is 19.9. The summed E-state index contributed by atoms with van der Waals surface area (Å²) in [6.45, 7) is 4.24. The minimum absolute atomic E-state index is 0.201. The first-order valence-electron chi connectivity index (χ1n) is 5.30.